The third kappa shape index (κ3) is 12.0. The van der Waals surface area contributed by atoms with Crippen LogP contribution in [-0.2, 0) is 20.3 Å². The van der Waals surface area contributed by atoms with E-state index in [4.69, 9.17) is 18.0 Å². The number of ether oxygens (including phenoxy) is 2. The number of aromatic nitrogens is 6. The average Bonchev–Trinajstić information content (AvgIpc) is 4.23. The lowest BCUT2D eigenvalue weighted by atomic mass is 9.87. The van der Waals surface area contributed by atoms with Crippen LogP contribution in [0.25, 0.3) is 68.7 Å². The number of carbonyl (C=O) groups is 4. The Morgan fingerprint density at radius 1 is 0.370 bits per heavy atom. The van der Waals surface area contributed by atoms with Crippen molar-refractivity contribution in [1.82, 2.24) is 41.4 Å². The van der Waals surface area contributed by atoms with Gasteiger partial charge in [0, 0.05) is 44.5 Å². The summed E-state index contributed by atoms with van der Waals surface area (Å²) in [5.41, 5.74) is 12.8. The number of nitrogens with zero attached hydrogens (tertiary/aromatic N) is 6. The summed E-state index contributed by atoms with van der Waals surface area (Å²) in [4.78, 5) is 48.3. The van der Waals surface area contributed by atoms with Crippen molar-refractivity contribution in [2.75, 3.05) is 14.2 Å². The standard InChI is InChI=1S/C28H26N4O5.C28H24N4O4/c1-28(2,3)22-14-12-19(13-15-22)26-32-31-25(37-26)18-10-8-17(9-11-18)23(33)29-30-24(34)20-6-5-7-21(16-20)27(35)36-4;1-28(2,3)22-14-12-19(13-15-22)25-30-29-23(35-25)17-8-10-18(11-9-17)24-31-32-26(36-24)20-6-5-7-21(16-20)27(33)34-4/h5-16H,1-4H3,(H,29,33)(H,30,34);5-16H,1-4H3. The maximum absolute atomic E-state index is 12.5. The number of methoxy groups -OCH3 is 2. The number of amides is 2. The molecule has 0 unspecified atom stereocenters. The molecule has 0 aliphatic heterocycles. The van der Waals surface area contributed by atoms with Gasteiger partial charge in [-0.3, -0.25) is 20.4 Å². The van der Waals surface area contributed by atoms with Gasteiger partial charge in [-0.1, -0.05) is 77.9 Å². The molecule has 0 saturated carbocycles. The Bertz CT molecular complexity index is 3400. The number of nitrogens with one attached hydrogen (secondary N) is 2. The van der Waals surface area contributed by atoms with Crippen molar-refractivity contribution >= 4 is 23.8 Å². The fourth-order valence-electron chi connectivity index (χ4n) is 7.17. The fraction of sp³-hybridized carbons (Fsp3) is 0.179. The Balaban J connectivity index is 0.000000195. The first-order valence-electron chi connectivity index (χ1n) is 22.9. The first-order chi connectivity index (χ1) is 35.0. The predicted octanol–water partition coefficient (Wildman–Crippen LogP) is 10.8. The third-order valence-corrected chi connectivity index (χ3v) is 11.4. The molecule has 0 saturated heterocycles. The maximum atomic E-state index is 12.5. The number of carbonyl (C=O) groups excluding carboxylic acids is 4. The van der Waals surface area contributed by atoms with Crippen LogP contribution in [0.1, 0.15) is 94.1 Å². The molecule has 2 N–H and O–H groups in total. The van der Waals surface area contributed by atoms with Gasteiger partial charge in [-0.05, 0) is 131 Å². The fourth-order valence-corrected chi connectivity index (χ4v) is 7.17. The van der Waals surface area contributed by atoms with Gasteiger partial charge in [-0.2, -0.15) is 0 Å². The summed E-state index contributed by atoms with van der Waals surface area (Å²) in [5.74, 6) is 0.163. The number of hydrogen-bond acceptors (Lipinski definition) is 15. The Labute approximate surface area is 420 Å². The lowest BCUT2D eigenvalue weighted by Gasteiger charge is -2.18. The molecule has 9 aromatic rings. The maximum Gasteiger partial charge on any atom is 0.337 e. The predicted molar refractivity (Wildman–Crippen MR) is 271 cm³/mol. The molecule has 9 rings (SSSR count). The summed E-state index contributed by atoms with van der Waals surface area (Å²) >= 11 is 0. The normalized spacial score (nSPS) is 11.2. The molecule has 3 aromatic heterocycles. The van der Waals surface area contributed by atoms with E-state index in [-0.39, 0.29) is 22.0 Å². The highest BCUT2D eigenvalue weighted by atomic mass is 16.5. The zero-order valence-electron chi connectivity index (χ0n) is 41.2. The van der Waals surface area contributed by atoms with E-state index in [1.54, 1.807) is 54.6 Å². The van der Waals surface area contributed by atoms with Crippen LogP contribution in [0.5, 0.6) is 0 Å². The quantitative estimate of drug-likeness (QED) is 0.0959. The number of rotatable bonds is 10. The van der Waals surface area contributed by atoms with E-state index in [1.807, 2.05) is 60.7 Å². The van der Waals surface area contributed by atoms with Gasteiger partial charge in [0.25, 0.3) is 11.8 Å². The molecule has 17 nitrogen and oxygen atoms in total. The van der Waals surface area contributed by atoms with Crippen molar-refractivity contribution < 1.29 is 41.9 Å². The minimum absolute atomic E-state index is 0.0466. The molecular formula is C56H50N8O9. The second-order valence-electron chi connectivity index (χ2n) is 18.6. The van der Waals surface area contributed by atoms with Crippen LogP contribution in [0, 0.1) is 0 Å². The number of esters is 2. The van der Waals surface area contributed by atoms with Crippen LogP contribution < -0.4 is 10.9 Å². The van der Waals surface area contributed by atoms with Crippen LogP contribution in [0.3, 0.4) is 0 Å². The van der Waals surface area contributed by atoms with Gasteiger partial charge >= 0.3 is 11.9 Å². The third-order valence-electron chi connectivity index (χ3n) is 11.4. The molecular weight excluding hydrogens is 929 g/mol. The van der Waals surface area contributed by atoms with Gasteiger partial charge in [0.2, 0.25) is 35.3 Å². The molecule has 3 heterocycles. The highest BCUT2D eigenvalue weighted by Crippen LogP contribution is 2.31. The summed E-state index contributed by atoms with van der Waals surface area (Å²) in [5, 5.41) is 24.9. The summed E-state index contributed by atoms with van der Waals surface area (Å²) in [6, 6.07) is 42.9. The lowest BCUT2D eigenvalue weighted by Crippen LogP contribution is -2.41. The minimum atomic E-state index is -0.579. The van der Waals surface area contributed by atoms with E-state index in [2.05, 4.69) is 99.9 Å². The largest absolute Gasteiger partial charge is 0.465 e. The van der Waals surface area contributed by atoms with Crippen molar-refractivity contribution in [1.29, 1.82) is 0 Å². The van der Waals surface area contributed by atoms with Crippen LogP contribution in [0.15, 0.2) is 159 Å². The molecule has 73 heavy (non-hydrogen) atoms. The van der Waals surface area contributed by atoms with Crippen LogP contribution in [0.4, 0.5) is 0 Å². The van der Waals surface area contributed by atoms with E-state index >= 15 is 0 Å². The van der Waals surface area contributed by atoms with Crippen LogP contribution in [-0.4, -0.2) is 68.6 Å². The lowest BCUT2D eigenvalue weighted by molar-refractivity contribution is 0.0591. The van der Waals surface area contributed by atoms with Crippen molar-refractivity contribution in [2.24, 2.45) is 0 Å². The number of benzene rings is 6. The summed E-state index contributed by atoms with van der Waals surface area (Å²) < 4.78 is 27.0. The number of hydrazine groups is 1. The molecule has 0 spiro atoms. The van der Waals surface area contributed by atoms with Crippen molar-refractivity contribution in [3.05, 3.63) is 179 Å². The van der Waals surface area contributed by atoms with Gasteiger partial charge in [0.1, 0.15) is 0 Å². The van der Waals surface area contributed by atoms with Gasteiger partial charge in [0.05, 0.1) is 25.3 Å². The highest BCUT2D eigenvalue weighted by Gasteiger charge is 2.19. The molecule has 0 atom stereocenters. The van der Waals surface area contributed by atoms with Crippen molar-refractivity contribution in [3.8, 4) is 68.7 Å². The van der Waals surface area contributed by atoms with Gasteiger partial charge in [-0.25, -0.2) is 9.59 Å². The molecule has 0 aliphatic carbocycles. The van der Waals surface area contributed by atoms with Gasteiger partial charge in [-0.15, -0.1) is 30.6 Å². The Morgan fingerprint density at radius 3 is 1.04 bits per heavy atom. The SMILES string of the molecule is COC(=O)c1cccc(-c2nnc(-c3ccc(-c4nnc(-c5ccc(C(C)(C)C)cc5)o4)cc3)o2)c1.COC(=O)c1cccc(C(=O)NNC(=O)c2ccc(-c3nnc(-c4ccc(C(C)(C)C)cc4)o3)cc2)c1. The molecule has 0 fully saturated rings. The van der Waals surface area contributed by atoms with Crippen LogP contribution >= 0.6 is 0 Å². The summed E-state index contributed by atoms with van der Waals surface area (Å²) in [6.45, 7) is 13.0. The summed E-state index contributed by atoms with van der Waals surface area (Å²) in [6.07, 6.45) is 0. The number of hydrogen-bond donors (Lipinski definition) is 2. The Morgan fingerprint density at radius 2 is 0.671 bits per heavy atom. The van der Waals surface area contributed by atoms with Gasteiger partial charge in [0.15, 0.2) is 0 Å². The zero-order valence-corrected chi connectivity index (χ0v) is 41.2. The van der Waals surface area contributed by atoms with Gasteiger partial charge < -0.3 is 22.7 Å². The average molecular weight is 979 g/mol. The van der Waals surface area contributed by atoms with Crippen LogP contribution in [0.2, 0.25) is 0 Å². The molecule has 6 aromatic carbocycles. The van der Waals surface area contributed by atoms with Crippen molar-refractivity contribution in [2.45, 2.75) is 52.4 Å². The monoisotopic (exact) mass is 978 g/mol. The second kappa shape index (κ2) is 21.3. The van der Waals surface area contributed by atoms with E-state index in [1.165, 1.54) is 43.5 Å². The van der Waals surface area contributed by atoms with Crippen molar-refractivity contribution in [3.63, 3.8) is 0 Å². The smallest absolute Gasteiger partial charge is 0.337 e. The summed E-state index contributed by atoms with van der Waals surface area (Å²) in [7, 11) is 2.59. The van der Waals surface area contributed by atoms with E-state index in [0.717, 1.165) is 22.3 Å². The molecule has 0 aliphatic rings. The molecule has 368 valence electrons. The molecule has 17 heteroatoms. The second-order valence-corrected chi connectivity index (χ2v) is 18.6. The van der Waals surface area contributed by atoms with E-state index in [9.17, 15) is 19.2 Å². The topological polar surface area (TPSA) is 228 Å². The highest BCUT2D eigenvalue weighted by molar-refractivity contribution is 6.00. The molecule has 2 amide bonds. The Kier molecular flexibility index (Phi) is 14.6. The minimum Gasteiger partial charge on any atom is -0.465 e. The molecule has 0 radical (unpaired) electrons. The Hall–Kier alpha value is -9.38. The molecule has 0 bridgehead atoms. The first-order valence-corrected chi connectivity index (χ1v) is 22.9. The zero-order chi connectivity index (χ0) is 51.9. The van der Waals surface area contributed by atoms with E-state index in [0.29, 0.717) is 57.6 Å². The first kappa shape index (κ1) is 50.0. The van der Waals surface area contributed by atoms with E-state index < -0.39 is 23.8 Å².